The first kappa shape index (κ1) is 9.64. The zero-order chi connectivity index (χ0) is 10.3. The van der Waals surface area contributed by atoms with Crippen LogP contribution in [-0.2, 0) is 4.74 Å². The van der Waals surface area contributed by atoms with Gasteiger partial charge in [-0.15, -0.1) is 5.01 Å². The number of hydrogen-bond acceptors (Lipinski definition) is 5. The second-order valence-electron chi connectivity index (χ2n) is 3.47. The molecule has 0 aliphatic carbocycles. The van der Waals surface area contributed by atoms with Crippen molar-refractivity contribution in [2.75, 3.05) is 6.61 Å². The predicted octanol–water partition coefficient (Wildman–Crippen LogP) is 0.460. The Balaban J connectivity index is 2.06. The maximum absolute atomic E-state index is 5.82. The molecular formula is C9H16N4O. The minimum Gasteiger partial charge on any atom is -0.349 e. The zero-order valence-electron chi connectivity index (χ0n) is 8.77. The quantitative estimate of drug-likeness (QED) is 0.526. The summed E-state index contributed by atoms with van der Waals surface area (Å²) in [7, 11) is 0. The SMILES string of the molecule is CCOC(N)N1[C@H]2N=C(C)C=C(C)N21. The Labute approximate surface area is 83.8 Å². The summed E-state index contributed by atoms with van der Waals surface area (Å²) in [6.07, 6.45) is 1.71. The summed E-state index contributed by atoms with van der Waals surface area (Å²) in [5.74, 6) is 0. The molecule has 3 atom stereocenters. The summed E-state index contributed by atoms with van der Waals surface area (Å²) < 4.78 is 5.31. The van der Waals surface area contributed by atoms with E-state index in [-0.39, 0.29) is 12.6 Å². The van der Waals surface area contributed by atoms with Crippen molar-refractivity contribution >= 4 is 5.71 Å². The largest absolute Gasteiger partial charge is 0.349 e. The van der Waals surface area contributed by atoms with Gasteiger partial charge in [0.2, 0.25) is 6.29 Å². The van der Waals surface area contributed by atoms with Crippen LogP contribution in [0.25, 0.3) is 0 Å². The molecule has 0 aromatic heterocycles. The lowest BCUT2D eigenvalue weighted by atomic mass is 10.3. The number of hydrazine groups is 1. The van der Waals surface area contributed by atoms with Crippen molar-refractivity contribution in [2.24, 2.45) is 10.7 Å². The van der Waals surface area contributed by atoms with Crippen LogP contribution in [0.5, 0.6) is 0 Å². The van der Waals surface area contributed by atoms with Gasteiger partial charge in [-0.2, -0.15) is 0 Å². The van der Waals surface area contributed by atoms with E-state index >= 15 is 0 Å². The zero-order valence-corrected chi connectivity index (χ0v) is 8.77. The average molecular weight is 196 g/mol. The first-order valence-electron chi connectivity index (χ1n) is 4.82. The third kappa shape index (κ3) is 1.43. The standard InChI is InChI=1S/C9H16N4O/c1-4-14-8(10)13-9-11-6(2)5-7(3)12(9)13/h5,8-9H,4,10H2,1-3H3/t8?,9-,12?,13?/m0/s1. The number of nitrogens with zero attached hydrogens (tertiary/aromatic N) is 3. The van der Waals surface area contributed by atoms with Crippen LogP contribution in [0.15, 0.2) is 16.8 Å². The molecule has 0 amide bonds. The molecule has 78 valence electrons. The molecular weight excluding hydrogens is 180 g/mol. The maximum atomic E-state index is 5.82. The van der Waals surface area contributed by atoms with Crippen molar-refractivity contribution in [3.05, 3.63) is 11.8 Å². The smallest absolute Gasteiger partial charge is 0.212 e. The number of aliphatic imine (C=N–C) groups is 1. The molecule has 1 saturated heterocycles. The molecule has 0 spiro atoms. The Morgan fingerprint density at radius 3 is 3.00 bits per heavy atom. The van der Waals surface area contributed by atoms with Crippen molar-refractivity contribution in [1.29, 1.82) is 0 Å². The molecule has 0 aromatic rings. The van der Waals surface area contributed by atoms with Crippen molar-refractivity contribution in [1.82, 2.24) is 10.0 Å². The third-order valence-corrected chi connectivity index (χ3v) is 2.35. The Morgan fingerprint density at radius 1 is 1.64 bits per heavy atom. The van der Waals surface area contributed by atoms with E-state index in [0.29, 0.717) is 6.61 Å². The molecule has 0 bridgehead atoms. The first-order valence-corrected chi connectivity index (χ1v) is 4.82. The van der Waals surface area contributed by atoms with Gasteiger partial charge >= 0.3 is 0 Å². The van der Waals surface area contributed by atoms with Gasteiger partial charge in [0.15, 0.2) is 6.35 Å². The summed E-state index contributed by atoms with van der Waals surface area (Å²) >= 11 is 0. The lowest BCUT2D eigenvalue weighted by molar-refractivity contribution is -0.0256. The van der Waals surface area contributed by atoms with Crippen LogP contribution in [-0.4, -0.2) is 35.0 Å². The van der Waals surface area contributed by atoms with Crippen molar-refractivity contribution in [2.45, 2.75) is 33.4 Å². The highest BCUT2D eigenvalue weighted by Gasteiger charge is 2.51. The summed E-state index contributed by atoms with van der Waals surface area (Å²) in [5.41, 5.74) is 8.02. The van der Waals surface area contributed by atoms with Crippen molar-refractivity contribution in [3.8, 4) is 0 Å². The highest BCUT2D eigenvalue weighted by Crippen LogP contribution is 2.36. The summed E-state index contributed by atoms with van der Waals surface area (Å²) in [6, 6.07) is 0. The normalized spacial score (nSPS) is 31.9. The van der Waals surface area contributed by atoms with Crippen molar-refractivity contribution in [3.63, 3.8) is 0 Å². The molecule has 2 N–H and O–H groups in total. The topological polar surface area (TPSA) is 53.6 Å². The van der Waals surface area contributed by atoms with Gasteiger partial charge in [0.1, 0.15) is 0 Å². The molecule has 2 rings (SSSR count). The molecule has 0 aromatic carbocycles. The van der Waals surface area contributed by atoms with Crippen LogP contribution in [0, 0.1) is 0 Å². The molecule has 2 unspecified atom stereocenters. The summed E-state index contributed by atoms with van der Waals surface area (Å²) in [6.45, 7) is 6.58. The monoisotopic (exact) mass is 196 g/mol. The molecule has 0 saturated carbocycles. The molecule has 14 heavy (non-hydrogen) atoms. The lowest BCUT2D eigenvalue weighted by Gasteiger charge is -2.12. The number of nitrogens with two attached hydrogens (primary N) is 1. The number of hydrogen-bond donors (Lipinski definition) is 1. The van der Waals surface area contributed by atoms with E-state index in [0.717, 1.165) is 11.4 Å². The number of allylic oxidation sites excluding steroid dienone is 2. The fourth-order valence-electron chi connectivity index (χ4n) is 1.74. The van der Waals surface area contributed by atoms with Gasteiger partial charge in [-0.25, -0.2) is 4.99 Å². The van der Waals surface area contributed by atoms with Crippen LogP contribution in [0.3, 0.4) is 0 Å². The van der Waals surface area contributed by atoms with Crippen LogP contribution in [0.2, 0.25) is 0 Å². The first-order chi connectivity index (χ1) is 6.65. The molecule has 1 fully saturated rings. The fourth-order valence-corrected chi connectivity index (χ4v) is 1.74. The van der Waals surface area contributed by atoms with E-state index in [4.69, 9.17) is 10.5 Å². The van der Waals surface area contributed by atoms with Gasteiger partial charge < -0.3 is 4.74 Å². The van der Waals surface area contributed by atoms with E-state index in [2.05, 4.69) is 4.99 Å². The number of rotatable bonds is 3. The molecule has 2 aliphatic heterocycles. The van der Waals surface area contributed by atoms with Crippen LogP contribution in [0.1, 0.15) is 20.8 Å². The van der Waals surface area contributed by atoms with E-state index < -0.39 is 0 Å². The summed E-state index contributed by atoms with van der Waals surface area (Å²) in [4.78, 5) is 4.42. The number of ether oxygens (including phenoxy) is 1. The van der Waals surface area contributed by atoms with Crippen LogP contribution >= 0.6 is 0 Å². The van der Waals surface area contributed by atoms with E-state index in [1.165, 1.54) is 0 Å². The Bertz CT molecular complexity index is 299. The van der Waals surface area contributed by atoms with Gasteiger partial charge in [0.25, 0.3) is 0 Å². The van der Waals surface area contributed by atoms with Gasteiger partial charge in [-0.05, 0) is 26.8 Å². The lowest BCUT2D eigenvalue weighted by Crippen LogP contribution is -2.34. The number of fused-ring (bicyclic) bond motifs is 1. The second-order valence-corrected chi connectivity index (χ2v) is 3.47. The average Bonchev–Trinajstić information content (AvgIpc) is 2.78. The maximum Gasteiger partial charge on any atom is 0.212 e. The van der Waals surface area contributed by atoms with Crippen molar-refractivity contribution < 1.29 is 4.74 Å². The second kappa shape index (κ2) is 3.34. The van der Waals surface area contributed by atoms with Crippen LogP contribution < -0.4 is 5.73 Å². The van der Waals surface area contributed by atoms with E-state index in [1.807, 2.05) is 36.9 Å². The van der Waals surface area contributed by atoms with Gasteiger partial charge in [0.05, 0.1) is 0 Å². The van der Waals surface area contributed by atoms with Gasteiger partial charge in [0, 0.05) is 18.0 Å². The molecule has 5 nitrogen and oxygen atoms in total. The minimum absolute atomic E-state index is 0.0570. The van der Waals surface area contributed by atoms with Gasteiger partial charge in [-0.1, -0.05) is 0 Å². The molecule has 2 heterocycles. The van der Waals surface area contributed by atoms with E-state index in [1.54, 1.807) is 0 Å². The highest BCUT2D eigenvalue weighted by molar-refractivity contribution is 5.94. The third-order valence-electron chi connectivity index (χ3n) is 2.35. The molecule has 5 heteroatoms. The summed E-state index contributed by atoms with van der Waals surface area (Å²) in [5, 5.41) is 3.96. The Morgan fingerprint density at radius 2 is 2.36 bits per heavy atom. The Kier molecular flexibility index (Phi) is 2.30. The minimum atomic E-state index is -0.386. The fraction of sp³-hybridized carbons (Fsp3) is 0.667. The molecule has 0 radical (unpaired) electrons. The van der Waals surface area contributed by atoms with Crippen LogP contribution in [0.4, 0.5) is 0 Å². The van der Waals surface area contributed by atoms with E-state index in [9.17, 15) is 0 Å². The Hall–Kier alpha value is -0.910. The molecule has 2 aliphatic rings. The highest BCUT2D eigenvalue weighted by atomic mass is 16.5. The van der Waals surface area contributed by atoms with Gasteiger partial charge in [-0.3, -0.25) is 10.7 Å². The predicted molar refractivity (Wildman–Crippen MR) is 53.9 cm³/mol.